The van der Waals surface area contributed by atoms with Crippen LogP contribution in [0.2, 0.25) is 5.02 Å². The Morgan fingerprint density at radius 3 is 2.59 bits per heavy atom. The van der Waals surface area contributed by atoms with Crippen LogP contribution in [0.3, 0.4) is 0 Å². The van der Waals surface area contributed by atoms with E-state index in [1.165, 1.54) is 24.3 Å². The van der Waals surface area contributed by atoms with Crippen molar-refractivity contribution >= 4 is 27.6 Å². The molecule has 27 heavy (non-hydrogen) atoms. The first-order valence-electron chi connectivity index (χ1n) is 8.23. The van der Waals surface area contributed by atoms with Crippen molar-refractivity contribution in [1.82, 2.24) is 4.72 Å². The number of para-hydroxylation sites is 2. The summed E-state index contributed by atoms with van der Waals surface area (Å²) in [5, 5.41) is 0.439. The molecule has 2 aromatic rings. The maximum absolute atomic E-state index is 12.1. The van der Waals surface area contributed by atoms with E-state index in [-0.39, 0.29) is 31.1 Å². The number of esters is 1. The van der Waals surface area contributed by atoms with E-state index < -0.39 is 22.1 Å². The Balaban J connectivity index is 1.41. The summed E-state index contributed by atoms with van der Waals surface area (Å²) in [4.78, 5) is 11.9. The number of carbonyl (C=O) groups is 1. The van der Waals surface area contributed by atoms with Gasteiger partial charge >= 0.3 is 5.97 Å². The molecule has 0 aromatic heterocycles. The SMILES string of the molecule is O=C(CCNS(=O)(=O)c1ccc(Cl)cc1)OCC1COc2ccccc2O1. The van der Waals surface area contributed by atoms with E-state index >= 15 is 0 Å². The Morgan fingerprint density at radius 2 is 1.85 bits per heavy atom. The third-order valence-corrected chi connectivity index (χ3v) is 5.47. The lowest BCUT2D eigenvalue weighted by Gasteiger charge is -2.26. The molecule has 1 aliphatic rings. The van der Waals surface area contributed by atoms with E-state index in [1.54, 1.807) is 12.1 Å². The molecule has 1 unspecified atom stereocenters. The fraction of sp³-hybridized carbons (Fsp3) is 0.278. The van der Waals surface area contributed by atoms with Gasteiger partial charge in [0.15, 0.2) is 17.6 Å². The Hall–Kier alpha value is -2.29. The van der Waals surface area contributed by atoms with Gasteiger partial charge in [0, 0.05) is 11.6 Å². The lowest BCUT2D eigenvalue weighted by Crippen LogP contribution is -2.34. The molecular weight excluding hydrogens is 394 g/mol. The minimum absolute atomic E-state index is 0.0249. The van der Waals surface area contributed by atoms with Gasteiger partial charge in [0.05, 0.1) is 11.3 Å². The molecule has 1 aliphatic heterocycles. The van der Waals surface area contributed by atoms with Crippen LogP contribution in [-0.4, -0.2) is 40.2 Å². The third-order valence-electron chi connectivity index (χ3n) is 3.74. The van der Waals surface area contributed by atoms with Crippen molar-refractivity contribution in [2.75, 3.05) is 19.8 Å². The van der Waals surface area contributed by atoms with Crippen LogP contribution < -0.4 is 14.2 Å². The van der Waals surface area contributed by atoms with Crippen molar-refractivity contribution in [2.45, 2.75) is 17.4 Å². The van der Waals surface area contributed by atoms with Crippen LogP contribution in [-0.2, 0) is 19.6 Å². The predicted octanol–water partition coefficient (Wildman–Crippen LogP) is 2.39. The molecule has 0 radical (unpaired) electrons. The lowest BCUT2D eigenvalue weighted by molar-refractivity contribution is -0.146. The molecule has 0 saturated carbocycles. The van der Waals surface area contributed by atoms with Gasteiger partial charge in [0.1, 0.15) is 13.2 Å². The summed E-state index contributed by atoms with van der Waals surface area (Å²) in [7, 11) is -3.70. The first-order valence-corrected chi connectivity index (χ1v) is 10.1. The van der Waals surface area contributed by atoms with E-state index in [4.69, 9.17) is 25.8 Å². The van der Waals surface area contributed by atoms with Gasteiger partial charge in [-0.3, -0.25) is 4.79 Å². The molecule has 0 bridgehead atoms. The number of benzene rings is 2. The van der Waals surface area contributed by atoms with E-state index in [0.29, 0.717) is 16.5 Å². The monoisotopic (exact) mass is 411 g/mol. The van der Waals surface area contributed by atoms with Crippen LogP contribution in [0.15, 0.2) is 53.4 Å². The smallest absolute Gasteiger partial charge is 0.307 e. The number of ether oxygens (including phenoxy) is 3. The Bertz CT molecular complexity index is 900. The summed E-state index contributed by atoms with van der Waals surface area (Å²) in [6.07, 6.45) is -0.508. The zero-order valence-corrected chi connectivity index (χ0v) is 15.8. The molecule has 2 aromatic carbocycles. The van der Waals surface area contributed by atoms with E-state index in [1.807, 2.05) is 12.1 Å². The Morgan fingerprint density at radius 1 is 1.15 bits per heavy atom. The molecule has 0 saturated heterocycles. The van der Waals surface area contributed by atoms with Gasteiger partial charge in [-0.2, -0.15) is 0 Å². The van der Waals surface area contributed by atoms with Crippen LogP contribution in [0.5, 0.6) is 11.5 Å². The van der Waals surface area contributed by atoms with E-state index in [2.05, 4.69) is 4.72 Å². The summed E-state index contributed by atoms with van der Waals surface area (Å²) >= 11 is 5.74. The number of halogens is 1. The fourth-order valence-corrected chi connectivity index (χ4v) is 3.55. The molecule has 0 spiro atoms. The highest BCUT2D eigenvalue weighted by molar-refractivity contribution is 7.89. The predicted molar refractivity (Wildman–Crippen MR) is 98.6 cm³/mol. The molecule has 1 heterocycles. The summed E-state index contributed by atoms with van der Waals surface area (Å²) in [5.41, 5.74) is 0. The number of fused-ring (bicyclic) bond motifs is 1. The van der Waals surface area contributed by atoms with Gasteiger partial charge < -0.3 is 14.2 Å². The van der Waals surface area contributed by atoms with Crippen LogP contribution in [0, 0.1) is 0 Å². The largest absolute Gasteiger partial charge is 0.486 e. The second-order valence-electron chi connectivity index (χ2n) is 5.78. The second-order valence-corrected chi connectivity index (χ2v) is 7.99. The van der Waals surface area contributed by atoms with Gasteiger partial charge in [-0.1, -0.05) is 23.7 Å². The quantitative estimate of drug-likeness (QED) is 0.703. The lowest BCUT2D eigenvalue weighted by atomic mass is 10.3. The van der Waals surface area contributed by atoms with Gasteiger partial charge in [-0.05, 0) is 36.4 Å². The zero-order valence-electron chi connectivity index (χ0n) is 14.3. The van der Waals surface area contributed by atoms with Gasteiger partial charge in [-0.15, -0.1) is 0 Å². The zero-order chi connectivity index (χ0) is 19.3. The highest BCUT2D eigenvalue weighted by Crippen LogP contribution is 2.30. The first-order chi connectivity index (χ1) is 12.9. The first kappa shape index (κ1) is 19.5. The second kappa shape index (κ2) is 8.60. The Labute approximate surface area is 162 Å². The Kier molecular flexibility index (Phi) is 6.20. The molecular formula is C18H18ClNO6S. The van der Waals surface area contributed by atoms with E-state index in [0.717, 1.165) is 0 Å². The molecule has 1 atom stereocenters. The maximum atomic E-state index is 12.1. The summed E-state index contributed by atoms with van der Waals surface area (Å²) in [5.74, 6) is 0.716. The topological polar surface area (TPSA) is 90.9 Å². The summed E-state index contributed by atoms with van der Waals surface area (Å²) < 4.78 is 42.9. The minimum atomic E-state index is -3.70. The molecule has 0 fully saturated rings. The van der Waals surface area contributed by atoms with E-state index in [9.17, 15) is 13.2 Å². The standard InChI is InChI=1S/C18H18ClNO6S/c19-13-5-7-15(8-6-13)27(22,23)20-10-9-18(21)25-12-14-11-24-16-3-1-2-4-17(16)26-14/h1-8,14,20H,9-12H2. The number of sulfonamides is 1. The van der Waals surface area contributed by atoms with Crippen molar-refractivity contribution in [3.8, 4) is 11.5 Å². The number of nitrogens with one attached hydrogen (secondary N) is 1. The number of hydrogen-bond acceptors (Lipinski definition) is 6. The van der Waals surface area contributed by atoms with Crippen molar-refractivity contribution < 1.29 is 27.4 Å². The molecule has 1 N–H and O–H groups in total. The molecule has 9 heteroatoms. The van der Waals surface area contributed by atoms with Gasteiger partial charge in [0.25, 0.3) is 0 Å². The third kappa shape index (κ3) is 5.35. The van der Waals surface area contributed by atoms with Gasteiger partial charge in [-0.25, -0.2) is 13.1 Å². The van der Waals surface area contributed by atoms with Gasteiger partial charge in [0.2, 0.25) is 10.0 Å². The molecule has 0 aliphatic carbocycles. The number of carbonyl (C=O) groups excluding carboxylic acids is 1. The highest BCUT2D eigenvalue weighted by atomic mass is 35.5. The normalized spacial score (nSPS) is 16.0. The van der Waals surface area contributed by atoms with Crippen molar-refractivity contribution in [3.05, 3.63) is 53.6 Å². The molecule has 0 amide bonds. The highest BCUT2D eigenvalue weighted by Gasteiger charge is 2.22. The molecule has 7 nitrogen and oxygen atoms in total. The van der Waals surface area contributed by atoms with Crippen LogP contribution in [0.1, 0.15) is 6.42 Å². The van der Waals surface area contributed by atoms with Crippen LogP contribution in [0.4, 0.5) is 0 Å². The number of hydrogen-bond donors (Lipinski definition) is 1. The average molecular weight is 412 g/mol. The average Bonchev–Trinajstić information content (AvgIpc) is 2.66. The summed E-state index contributed by atoms with van der Waals surface area (Å²) in [6.45, 7) is 0.221. The fourth-order valence-electron chi connectivity index (χ4n) is 2.39. The van der Waals surface area contributed by atoms with Crippen LogP contribution in [0.25, 0.3) is 0 Å². The molecule has 3 rings (SSSR count). The minimum Gasteiger partial charge on any atom is -0.486 e. The van der Waals surface area contributed by atoms with Crippen molar-refractivity contribution in [1.29, 1.82) is 0 Å². The van der Waals surface area contributed by atoms with Crippen molar-refractivity contribution in [2.24, 2.45) is 0 Å². The van der Waals surface area contributed by atoms with Crippen molar-refractivity contribution in [3.63, 3.8) is 0 Å². The molecule has 144 valence electrons. The van der Waals surface area contributed by atoms with Crippen LogP contribution >= 0.6 is 11.6 Å². The number of rotatable bonds is 7. The summed E-state index contributed by atoms with van der Waals surface area (Å²) in [6, 6.07) is 13.0. The maximum Gasteiger partial charge on any atom is 0.307 e.